The molecule has 2 amide bonds. The molecular weight excluding hydrogens is 446 g/mol. The van der Waals surface area contributed by atoms with Crippen molar-refractivity contribution in [2.45, 2.75) is 17.7 Å². The number of rotatable bonds is 6. The van der Waals surface area contributed by atoms with Gasteiger partial charge in [0.05, 0.1) is 9.77 Å². The molecule has 1 aliphatic heterocycles. The van der Waals surface area contributed by atoms with E-state index in [-0.39, 0.29) is 22.6 Å². The van der Waals surface area contributed by atoms with E-state index in [1.165, 1.54) is 15.6 Å². The van der Waals surface area contributed by atoms with Crippen molar-refractivity contribution in [3.63, 3.8) is 0 Å². The van der Waals surface area contributed by atoms with Gasteiger partial charge in [0.25, 0.3) is 5.91 Å². The fourth-order valence-corrected chi connectivity index (χ4v) is 5.73. The van der Waals surface area contributed by atoms with Crippen molar-refractivity contribution in [3.8, 4) is 0 Å². The zero-order chi connectivity index (χ0) is 22.6. The van der Waals surface area contributed by atoms with Crippen LogP contribution in [0.2, 0.25) is 0 Å². The van der Waals surface area contributed by atoms with E-state index in [1.54, 1.807) is 60.7 Å². The Morgan fingerprint density at radius 3 is 2.22 bits per heavy atom. The molecule has 1 fully saturated rings. The Morgan fingerprint density at radius 1 is 0.875 bits per heavy atom. The molecule has 2 aromatic carbocycles. The van der Waals surface area contributed by atoms with Gasteiger partial charge in [-0.3, -0.25) is 9.59 Å². The number of carbonyl (C=O) groups is 2. The molecule has 0 aliphatic carbocycles. The lowest BCUT2D eigenvalue weighted by molar-refractivity contribution is -0.120. The average Bonchev–Trinajstić information content (AvgIpc) is 3.35. The van der Waals surface area contributed by atoms with Crippen LogP contribution < -0.4 is 10.6 Å². The summed E-state index contributed by atoms with van der Waals surface area (Å²) in [6, 6.07) is 18.9. The fourth-order valence-electron chi connectivity index (χ4n) is 3.62. The first-order valence-corrected chi connectivity index (χ1v) is 12.6. The lowest BCUT2D eigenvalue weighted by atomic mass is 9.97. The zero-order valence-electron chi connectivity index (χ0n) is 17.2. The second kappa shape index (κ2) is 9.64. The van der Waals surface area contributed by atoms with Gasteiger partial charge >= 0.3 is 0 Å². The van der Waals surface area contributed by atoms with Gasteiger partial charge in [-0.2, -0.15) is 4.31 Å². The molecule has 9 heteroatoms. The summed E-state index contributed by atoms with van der Waals surface area (Å²) < 4.78 is 27.0. The normalized spacial score (nSPS) is 15.2. The number of benzene rings is 2. The van der Waals surface area contributed by atoms with Gasteiger partial charge in [-0.1, -0.05) is 30.3 Å². The highest BCUT2D eigenvalue weighted by atomic mass is 32.2. The molecule has 0 saturated carbocycles. The van der Waals surface area contributed by atoms with Crippen molar-refractivity contribution in [1.82, 2.24) is 4.31 Å². The molecule has 0 atom stereocenters. The number of hydrogen-bond donors (Lipinski definition) is 2. The lowest BCUT2D eigenvalue weighted by Gasteiger charge is -2.30. The second-order valence-electron chi connectivity index (χ2n) is 7.49. The molecule has 3 aromatic rings. The van der Waals surface area contributed by atoms with E-state index in [0.717, 1.165) is 0 Å². The summed E-state index contributed by atoms with van der Waals surface area (Å²) in [5.41, 5.74) is 1.17. The third-order valence-electron chi connectivity index (χ3n) is 5.34. The molecule has 0 bridgehead atoms. The summed E-state index contributed by atoms with van der Waals surface area (Å²) in [5.74, 6) is -0.624. The Kier molecular flexibility index (Phi) is 6.69. The van der Waals surface area contributed by atoms with Crippen molar-refractivity contribution in [1.29, 1.82) is 0 Å². The minimum Gasteiger partial charge on any atom is -0.326 e. The molecular formula is C23H23N3O4S2. The Balaban J connectivity index is 1.34. The highest BCUT2D eigenvalue weighted by Crippen LogP contribution is 2.25. The highest BCUT2D eigenvalue weighted by molar-refractivity contribution is 7.89. The fraction of sp³-hybridized carbons (Fsp3) is 0.217. The van der Waals surface area contributed by atoms with Gasteiger partial charge in [-0.15, -0.1) is 11.3 Å². The predicted octanol–water partition coefficient (Wildman–Crippen LogP) is 4.04. The molecule has 2 N–H and O–H groups in total. The molecule has 0 unspecified atom stereocenters. The maximum atomic E-state index is 12.8. The van der Waals surface area contributed by atoms with Gasteiger partial charge < -0.3 is 10.6 Å². The van der Waals surface area contributed by atoms with Crippen LogP contribution in [0, 0.1) is 5.92 Å². The Hall–Kier alpha value is -3.01. The summed E-state index contributed by atoms with van der Waals surface area (Å²) in [4.78, 5) is 25.9. The monoisotopic (exact) mass is 469 g/mol. The molecule has 32 heavy (non-hydrogen) atoms. The van der Waals surface area contributed by atoms with E-state index in [0.29, 0.717) is 42.2 Å². The van der Waals surface area contributed by atoms with E-state index in [4.69, 9.17) is 0 Å². The Bertz CT molecular complexity index is 1190. The van der Waals surface area contributed by atoms with Crippen molar-refractivity contribution in [3.05, 3.63) is 77.0 Å². The van der Waals surface area contributed by atoms with Gasteiger partial charge in [-0.25, -0.2) is 8.42 Å². The number of hydrogen-bond acceptors (Lipinski definition) is 5. The number of thiophene rings is 1. The van der Waals surface area contributed by atoms with Crippen LogP contribution in [0.15, 0.2) is 77.0 Å². The number of anilines is 2. The number of piperidine rings is 1. The van der Waals surface area contributed by atoms with Crippen molar-refractivity contribution in [2.24, 2.45) is 5.92 Å². The van der Waals surface area contributed by atoms with Gasteiger partial charge in [-0.05, 0) is 54.6 Å². The summed E-state index contributed by atoms with van der Waals surface area (Å²) in [6.45, 7) is 0.596. The third-order valence-corrected chi connectivity index (χ3v) is 8.12. The molecule has 1 aromatic heterocycles. The quantitative estimate of drug-likeness (QED) is 0.570. The summed E-state index contributed by atoms with van der Waals surface area (Å²) in [7, 11) is -3.54. The molecule has 1 aliphatic rings. The molecule has 2 heterocycles. The number of carbonyl (C=O) groups excluding carboxylic acids is 2. The van der Waals surface area contributed by atoms with E-state index >= 15 is 0 Å². The van der Waals surface area contributed by atoms with Gasteiger partial charge in [0.1, 0.15) is 0 Å². The maximum Gasteiger partial charge on any atom is 0.265 e. The first kappa shape index (κ1) is 22.2. The van der Waals surface area contributed by atoms with Crippen LogP contribution >= 0.6 is 11.3 Å². The number of sulfonamides is 1. The highest BCUT2D eigenvalue weighted by Gasteiger charge is 2.32. The number of nitrogens with zero attached hydrogens (tertiary/aromatic N) is 1. The van der Waals surface area contributed by atoms with Gasteiger partial charge in [0.15, 0.2) is 0 Å². The number of amides is 2. The van der Waals surface area contributed by atoms with Gasteiger partial charge in [0.2, 0.25) is 15.9 Å². The molecule has 0 radical (unpaired) electrons. The minimum atomic E-state index is -3.54. The van der Waals surface area contributed by atoms with Crippen LogP contribution in [-0.2, 0) is 14.8 Å². The van der Waals surface area contributed by atoms with E-state index in [9.17, 15) is 18.0 Å². The third kappa shape index (κ3) is 5.07. The zero-order valence-corrected chi connectivity index (χ0v) is 18.9. The van der Waals surface area contributed by atoms with Crippen LogP contribution in [0.25, 0.3) is 0 Å². The van der Waals surface area contributed by atoms with Crippen molar-refractivity contribution in [2.75, 3.05) is 23.7 Å². The van der Waals surface area contributed by atoms with Crippen molar-refractivity contribution < 1.29 is 18.0 Å². The molecule has 1 saturated heterocycles. The Morgan fingerprint density at radius 2 is 1.56 bits per heavy atom. The largest absolute Gasteiger partial charge is 0.326 e. The summed E-state index contributed by atoms with van der Waals surface area (Å²) >= 11 is 1.36. The molecule has 0 spiro atoms. The SMILES string of the molecule is O=C(Nc1cccc(NC(=O)C2CCN(S(=O)(=O)c3ccccc3)CC2)c1)c1cccs1. The van der Waals surface area contributed by atoms with Gasteiger partial charge in [0, 0.05) is 30.4 Å². The predicted molar refractivity (Wildman–Crippen MR) is 125 cm³/mol. The Labute approximate surface area is 191 Å². The first-order valence-electron chi connectivity index (χ1n) is 10.2. The maximum absolute atomic E-state index is 12.8. The minimum absolute atomic E-state index is 0.150. The summed E-state index contributed by atoms with van der Waals surface area (Å²) in [5, 5.41) is 7.55. The first-order chi connectivity index (χ1) is 15.4. The van der Waals surface area contributed by atoms with Crippen molar-refractivity contribution >= 4 is 44.5 Å². The van der Waals surface area contributed by atoms with Crippen LogP contribution in [-0.4, -0.2) is 37.6 Å². The molecule has 166 valence electrons. The van der Waals surface area contributed by atoms with Crippen LogP contribution in [0.4, 0.5) is 11.4 Å². The smallest absolute Gasteiger partial charge is 0.265 e. The van der Waals surface area contributed by atoms with E-state index < -0.39 is 10.0 Å². The van der Waals surface area contributed by atoms with Crippen LogP contribution in [0.1, 0.15) is 22.5 Å². The topological polar surface area (TPSA) is 95.6 Å². The van der Waals surface area contributed by atoms with E-state index in [2.05, 4.69) is 10.6 Å². The lowest BCUT2D eigenvalue weighted by Crippen LogP contribution is -2.41. The second-order valence-corrected chi connectivity index (χ2v) is 10.4. The number of nitrogens with one attached hydrogen (secondary N) is 2. The van der Waals surface area contributed by atoms with Crippen LogP contribution in [0.3, 0.4) is 0 Å². The van der Waals surface area contributed by atoms with E-state index in [1.807, 2.05) is 11.4 Å². The average molecular weight is 470 g/mol. The standard InChI is InChI=1S/C23H23N3O4S2/c27-22(17-11-13-26(14-12-17)32(29,30)20-8-2-1-3-9-20)24-18-6-4-7-19(16-18)25-23(28)21-10-5-15-31-21/h1-10,15-17H,11-14H2,(H,24,27)(H,25,28). The van der Waals surface area contributed by atoms with Crippen LogP contribution in [0.5, 0.6) is 0 Å². The molecule has 7 nitrogen and oxygen atoms in total. The summed E-state index contributed by atoms with van der Waals surface area (Å²) in [6.07, 6.45) is 0.902. The molecule has 4 rings (SSSR count).